The maximum Gasteiger partial charge on any atom is 0.306 e. The van der Waals surface area contributed by atoms with Gasteiger partial charge in [0.05, 0.1) is 13.0 Å². The Morgan fingerprint density at radius 3 is 2.89 bits per heavy atom. The molecule has 4 nitrogen and oxygen atoms in total. The van der Waals surface area contributed by atoms with Gasteiger partial charge in [-0.05, 0) is 37.6 Å². The second-order valence-electron chi connectivity index (χ2n) is 5.09. The Kier molecular flexibility index (Phi) is 4.47. The molecule has 1 N–H and O–H groups in total. The third-order valence-electron chi connectivity index (χ3n) is 3.47. The molecule has 0 heterocycles. The standard InChI is InChI=1S/C14H18BrNO3/c1-16(7-9-6-12(9)14(17)18)8-10-5-11(15)3-4-13(10)19-2/h3-5,9,12H,6-8H2,1-2H3,(H,17,18). The highest BCUT2D eigenvalue weighted by Gasteiger charge is 2.43. The molecular weight excluding hydrogens is 310 g/mol. The van der Waals surface area contributed by atoms with Crippen molar-refractivity contribution in [3.8, 4) is 5.75 Å². The van der Waals surface area contributed by atoms with E-state index in [9.17, 15) is 4.79 Å². The first-order valence-corrected chi connectivity index (χ1v) is 7.04. The number of ether oxygens (including phenoxy) is 1. The number of hydrogen-bond donors (Lipinski definition) is 1. The molecule has 104 valence electrons. The van der Waals surface area contributed by atoms with E-state index in [-0.39, 0.29) is 5.92 Å². The van der Waals surface area contributed by atoms with Crippen LogP contribution in [-0.2, 0) is 11.3 Å². The van der Waals surface area contributed by atoms with Gasteiger partial charge >= 0.3 is 5.97 Å². The van der Waals surface area contributed by atoms with Gasteiger partial charge in [-0.2, -0.15) is 0 Å². The summed E-state index contributed by atoms with van der Waals surface area (Å²) in [5.74, 6) is 0.339. The first kappa shape index (κ1) is 14.3. The van der Waals surface area contributed by atoms with Crippen molar-refractivity contribution in [2.24, 2.45) is 11.8 Å². The highest BCUT2D eigenvalue weighted by Crippen LogP contribution is 2.39. The van der Waals surface area contributed by atoms with Gasteiger partial charge in [-0.25, -0.2) is 0 Å². The fourth-order valence-electron chi connectivity index (χ4n) is 2.38. The number of carboxylic acid groups (broad SMARTS) is 1. The molecule has 1 saturated carbocycles. The van der Waals surface area contributed by atoms with Crippen LogP contribution in [0.5, 0.6) is 5.75 Å². The molecular formula is C14H18BrNO3. The average molecular weight is 328 g/mol. The van der Waals surface area contributed by atoms with Crippen LogP contribution in [0, 0.1) is 11.8 Å². The molecule has 1 aliphatic rings. The summed E-state index contributed by atoms with van der Waals surface area (Å²) < 4.78 is 6.36. The van der Waals surface area contributed by atoms with Crippen LogP contribution in [0.25, 0.3) is 0 Å². The van der Waals surface area contributed by atoms with Gasteiger partial charge in [0, 0.05) is 23.1 Å². The first-order valence-electron chi connectivity index (χ1n) is 6.25. The van der Waals surface area contributed by atoms with Crippen molar-refractivity contribution in [1.82, 2.24) is 4.90 Å². The van der Waals surface area contributed by atoms with E-state index in [1.165, 1.54) is 0 Å². The lowest BCUT2D eigenvalue weighted by molar-refractivity contribution is -0.138. The van der Waals surface area contributed by atoms with Crippen LogP contribution in [0.15, 0.2) is 22.7 Å². The Hall–Kier alpha value is -1.07. The first-order chi connectivity index (χ1) is 9.01. The molecule has 0 aliphatic heterocycles. The van der Waals surface area contributed by atoms with Crippen LogP contribution in [0.2, 0.25) is 0 Å². The lowest BCUT2D eigenvalue weighted by Crippen LogP contribution is -2.22. The van der Waals surface area contributed by atoms with Crippen LogP contribution >= 0.6 is 15.9 Å². The zero-order chi connectivity index (χ0) is 14.0. The number of carbonyl (C=O) groups is 1. The molecule has 2 unspecified atom stereocenters. The summed E-state index contributed by atoms with van der Waals surface area (Å²) in [6.45, 7) is 1.57. The summed E-state index contributed by atoms with van der Waals surface area (Å²) in [6, 6.07) is 5.92. The van der Waals surface area contributed by atoms with Gasteiger partial charge in [0.1, 0.15) is 5.75 Å². The monoisotopic (exact) mass is 327 g/mol. The molecule has 1 aromatic carbocycles. The maximum atomic E-state index is 10.8. The molecule has 5 heteroatoms. The number of carboxylic acids is 1. The lowest BCUT2D eigenvalue weighted by Gasteiger charge is -2.18. The van der Waals surface area contributed by atoms with E-state index in [4.69, 9.17) is 9.84 Å². The van der Waals surface area contributed by atoms with E-state index in [0.717, 1.165) is 35.3 Å². The molecule has 0 amide bonds. The SMILES string of the molecule is COc1ccc(Br)cc1CN(C)CC1CC1C(=O)O. The number of rotatable bonds is 6. The quantitative estimate of drug-likeness (QED) is 0.872. The summed E-state index contributed by atoms with van der Waals surface area (Å²) in [5.41, 5.74) is 1.10. The van der Waals surface area contributed by atoms with E-state index in [1.807, 2.05) is 25.2 Å². The fraction of sp³-hybridized carbons (Fsp3) is 0.500. The van der Waals surface area contributed by atoms with Gasteiger partial charge in [-0.1, -0.05) is 15.9 Å². The fourth-order valence-corrected chi connectivity index (χ4v) is 2.79. The highest BCUT2D eigenvalue weighted by atomic mass is 79.9. The molecule has 0 saturated heterocycles. The molecule has 0 aromatic heterocycles. The number of benzene rings is 1. The van der Waals surface area contributed by atoms with Crippen molar-refractivity contribution in [2.75, 3.05) is 20.7 Å². The molecule has 1 aliphatic carbocycles. The number of hydrogen-bond acceptors (Lipinski definition) is 3. The zero-order valence-corrected chi connectivity index (χ0v) is 12.7. The summed E-state index contributed by atoms with van der Waals surface area (Å²) in [4.78, 5) is 13.0. The molecule has 0 radical (unpaired) electrons. The van der Waals surface area contributed by atoms with Gasteiger partial charge in [0.25, 0.3) is 0 Å². The second-order valence-corrected chi connectivity index (χ2v) is 6.01. The Morgan fingerprint density at radius 1 is 1.58 bits per heavy atom. The Bertz CT molecular complexity index is 478. The van der Waals surface area contributed by atoms with E-state index in [0.29, 0.717) is 5.92 Å². The van der Waals surface area contributed by atoms with Crippen molar-refractivity contribution in [1.29, 1.82) is 0 Å². The van der Waals surface area contributed by atoms with Gasteiger partial charge in [0.2, 0.25) is 0 Å². The average Bonchev–Trinajstić information content (AvgIpc) is 3.08. The van der Waals surface area contributed by atoms with Crippen molar-refractivity contribution < 1.29 is 14.6 Å². The zero-order valence-electron chi connectivity index (χ0n) is 11.1. The number of methoxy groups -OCH3 is 1. The molecule has 2 atom stereocenters. The van der Waals surface area contributed by atoms with Crippen molar-refractivity contribution in [2.45, 2.75) is 13.0 Å². The predicted octanol–water partition coefficient (Wildman–Crippen LogP) is 2.61. The summed E-state index contributed by atoms with van der Waals surface area (Å²) >= 11 is 3.46. The van der Waals surface area contributed by atoms with Crippen LogP contribution in [0.3, 0.4) is 0 Å². The topological polar surface area (TPSA) is 49.8 Å². The Labute approximate surface area is 121 Å². The van der Waals surface area contributed by atoms with Gasteiger partial charge in [0.15, 0.2) is 0 Å². The largest absolute Gasteiger partial charge is 0.496 e. The Morgan fingerprint density at radius 2 is 2.32 bits per heavy atom. The molecule has 1 aromatic rings. The third-order valence-corrected chi connectivity index (χ3v) is 3.96. The van der Waals surface area contributed by atoms with Crippen LogP contribution in [-0.4, -0.2) is 36.7 Å². The molecule has 19 heavy (non-hydrogen) atoms. The van der Waals surface area contributed by atoms with E-state index in [1.54, 1.807) is 7.11 Å². The molecule has 2 rings (SSSR count). The van der Waals surface area contributed by atoms with E-state index < -0.39 is 5.97 Å². The molecule has 0 spiro atoms. The van der Waals surface area contributed by atoms with Gasteiger partial charge in [-0.3, -0.25) is 4.79 Å². The summed E-state index contributed by atoms with van der Waals surface area (Å²) in [6.07, 6.45) is 0.801. The second kappa shape index (κ2) is 5.92. The van der Waals surface area contributed by atoms with Crippen LogP contribution < -0.4 is 4.74 Å². The van der Waals surface area contributed by atoms with E-state index >= 15 is 0 Å². The minimum Gasteiger partial charge on any atom is -0.496 e. The molecule has 1 fully saturated rings. The lowest BCUT2D eigenvalue weighted by atomic mass is 10.2. The Balaban J connectivity index is 1.94. The number of aliphatic carboxylic acids is 1. The molecule has 0 bridgehead atoms. The minimum absolute atomic E-state index is 0.146. The normalized spacial score (nSPS) is 21.5. The van der Waals surface area contributed by atoms with Crippen LogP contribution in [0.4, 0.5) is 0 Å². The van der Waals surface area contributed by atoms with Gasteiger partial charge < -0.3 is 14.7 Å². The van der Waals surface area contributed by atoms with E-state index in [2.05, 4.69) is 20.8 Å². The smallest absolute Gasteiger partial charge is 0.306 e. The highest BCUT2D eigenvalue weighted by molar-refractivity contribution is 9.10. The number of nitrogens with zero attached hydrogens (tertiary/aromatic N) is 1. The summed E-state index contributed by atoms with van der Waals surface area (Å²) in [7, 11) is 3.67. The summed E-state index contributed by atoms with van der Waals surface area (Å²) in [5, 5.41) is 8.90. The third kappa shape index (κ3) is 3.70. The predicted molar refractivity (Wildman–Crippen MR) is 76.3 cm³/mol. The van der Waals surface area contributed by atoms with Gasteiger partial charge in [-0.15, -0.1) is 0 Å². The minimum atomic E-state index is -0.668. The van der Waals surface area contributed by atoms with Crippen LogP contribution in [0.1, 0.15) is 12.0 Å². The maximum absolute atomic E-state index is 10.8. The number of halogens is 1. The van der Waals surface area contributed by atoms with Crippen molar-refractivity contribution in [3.05, 3.63) is 28.2 Å². The van der Waals surface area contributed by atoms with Crippen molar-refractivity contribution in [3.63, 3.8) is 0 Å². The van der Waals surface area contributed by atoms with Crippen molar-refractivity contribution >= 4 is 21.9 Å².